The third-order valence-electron chi connectivity index (χ3n) is 5.13. The molecule has 0 saturated heterocycles. The number of rotatable bonds is 5. The molecule has 160 valence electrons. The van der Waals surface area contributed by atoms with Crippen LogP contribution < -0.4 is 10.2 Å². The lowest BCUT2D eigenvalue weighted by Crippen LogP contribution is -2.42. The minimum Gasteiger partial charge on any atom is -0.357 e. The van der Waals surface area contributed by atoms with E-state index in [9.17, 15) is 4.79 Å². The van der Waals surface area contributed by atoms with Gasteiger partial charge in [0.15, 0.2) is 6.17 Å². The van der Waals surface area contributed by atoms with Crippen LogP contribution in [0, 0.1) is 0 Å². The Morgan fingerprint density at radius 1 is 1.03 bits per heavy atom. The molecule has 1 atom stereocenters. The summed E-state index contributed by atoms with van der Waals surface area (Å²) in [6.07, 6.45) is 2.80. The molecule has 1 aliphatic heterocycles. The molecule has 3 aromatic carbocycles. The van der Waals surface area contributed by atoms with Crippen molar-refractivity contribution in [2.24, 2.45) is 4.99 Å². The topological polar surface area (TPSA) is 44.7 Å². The number of halogens is 2. The van der Waals surface area contributed by atoms with Gasteiger partial charge in [0.2, 0.25) is 0 Å². The molecule has 4 rings (SSSR count). The number of likely N-dealkylation sites (N-methyl/N-ethyl adjacent to an activating group) is 1. The number of para-hydroxylation sites is 1. The predicted octanol–water partition coefficient (Wildman–Crippen LogP) is 5.95. The van der Waals surface area contributed by atoms with Crippen LogP contribution in [-0.2, 0) is 4.79 Å². The molecule has 1 aliphatic rings. The number of carbonyl (C=O) groups excluding carboxylic acids is 1. The van der Waals surface area contributed by atoms with Gasteiger partial charge in [-0.3, -0.25) is 4.79 Å². The average Bonchev–Trinajstić information content (AvgIpc) is 2.91. The van der Waals surface area contributed by atoms with E-state index in [1.54, 1.807) is 30.2 Å². The lowest BCUT2D eigenvalue weighted by molar-refractivity contribution is -0.119. The molecule has 1 amide bonds. The first-order chi connectivity index (χ1) is 15.4. The van der Waals surface area contributed by atoms with E-state index in [2.05, 4.69) is 11.9 Å². The maximum Gasteiger partial charge on any atom is 0.271 e. The second-order valence-corrected chi connectivity index (χ2v) is 8.15. The third kappa shape index (κ3) is 4.62. The molecule has 0 saturated carbocycles. The van der Waals surface area contributed by atoms with Gasteiger partial charge >= 0.3 is 0 Å². The number of benzodiazepines with no additional fused rings is 1. The van der Waals surface area contributed by atoms with Crippen LogP contribution >= 0.6 is 23.2 Å². The fraction of sp³-hybridized carbons (Fsp3) is 0.0769. The minimum atomic E-state index is -0.825. The average molecular weight is 462 g/mol. The van der Waals surface area contributed by atoms with Crippen molar-refractivity contribution >= 4 is 46.6 Å². The van der Waals surface area contributed by atoms with Gasteiger partial charge in [0.1, 0.15) is 0 Å². The van der Waals surface area contributed by atoms with Crippen molar-refractivity contribution in [2.75, 3.05) is 11.9 Å². The molecule has 0 bridgehead atoms. The summed E-state index contributed by atoms with van der Waals surface area (Å²) >= 11 is 12.1. The zero-order valence-electron chi connectivity index (χ0n) is 17.4. The maximum absolute atomic E-state index is 13.2. The van der Waals surface area contributed by atoms with Gasteiger partial charge in [0.25, 0.3) is 5.91 Å². The van der Waals surface area contributed by atoms with Crippen molar-refractivity contribution < 1.29 is 4.79 Å². The number of hydrogen-bond acceptors (Lipinski definition) is 3. The number of nitrogens with one attached hydrogen (secondary N) is 1. The summed E-state index contributed by atoms with van der Waals surface area (Å²) < 4.78 is 0. The van der Waals surface area contributed by atoms with E-state index in [4.69, 9.17) is 28.2 Å². The number of anilines is 1. The Hall–Kier alpha value is -3.34. The van der Waals surface area contributed by atoms with Gasteiger partial charge in [0, 0.05) is 23.9 Å². The number of allylic oxidation sites excluding steroid dienone is 1. The van der Waals surface area contributed by atoms with E-state index in [0.29, 0.717) is 15.7 Å². The Morgan fingerprint density at radius 3 is 2.50 bits per heavy atom. The van der Waals surface area contributed by atoms with Gasteiger partial charge in [-0.1, -0.05) is 90.5 Å². The summed E-state index contributed by atoms with van der Waals surface area (Å²) in [6, 6.07) is 23.0. The predicted molar refractivity (Wildman–Crippen MR) is 133 cm³/mol. The maximum atomic E-state index is 13.2. The molecule has 4 nitrogen and oxygen atoms in total. The molecule has 0 spiro atoms. The molecule has 0 aromatic heterocycles. The quantitative estimate of drug-likeness (QED) is 0.477. The standard InChI is InChI=1S/C26H21Cl2N3O/c1-17(12-13-18-14-15-21(27)22(28)16-18)29-25-26(32)31(2)23-11-7-6-10-20(23)24(30-25)19-8-4-3-5-9-19/h3-16,25,29H,1H2,2H3/b13-12+/t25-/m1/s1. The van der Waals surface area contributed by atoms with Crippen LogP contribution in [0.5, 0.6) is 0 Å². The van der Waals surface area contributed by atoms with E-state index in [1.165, 1.54) is 0 Å². The molecule has 0 unspecified atom stereocenters. The Kier molecular flexibility index (Phi) is 6.45. The van der Waals surface area contributed by atoms with E-state index in [1.807, 2.05) is 66.7 Å². The van der Waals surface area contributed by atoms with E-state index < -0.39 is 6.17 Å². The highest BCUT2D eigenvalue weighted by Crippen LogP contribution is 2.27. The molecular weight excluding hydrogens is 441 g/mol. The van der Waals surface area contributed by atoms with Crippen LogP contribution in [0.2, 0.25) is 10.0 Å². The normalized spacial score (nSPS) is 15.8. The number of fused-ring (bicyclic) bond motifs is 1. The second kappa shape index (κ2) is 9.43. The SMILES string of the molecule is C=C(/C=C/c1ccc(Cl)c(Cl)c1)N[C@@H]1N=C(c2ccccc2)c2ccccc2N(C)C1=O. The molecule has 32 heavy (non-hydrogen) atoms. The first kappa shape index (κ1) is 21.9. The van der Waals surface area contributed by atoms with Crippen LogP contribution in [0.25, 0.3) is 6.08 Å². The summed E-state index contributed by atoms with van der Waals surface area (Å²) in [5.74, 6) is -0.174. The van der Waals surface area contributed by atoms with Gasteiger partial charge < -0.3 is 10.2 Å². The van der Waals surface area contributed by atoms with Crippen molar-refractivity contribution in [3.63, 3.8) is 0 Å². The number of amides is 1. The summed E-state index contributed by atoms with van der Waals surface area (Å²) in [5, 5.41) is 4.12. The van der Waals surface area contributed by atoms with Crippen LogP contribution in [-0.4, -0.2) is 24.8 Å². The molecule has 0 radical (unpaired) electrons. The molecule has 1 heterocycles. The zero-order chi connectivity index (χ0) is 22.7. The highest BCUT2D eigenvalue weighted by Gasteiger charge is 2.29. The van der Waals surface area contributed by atoms with Gasteiger partial charge in [-0.2, -0.15) is 0 Å². The summed E-state index contributed by atoms with van der Waals surface area (Å²) in [6.45, 7) is 4.04. The molecular formula is C26H21Cl2N3O. The Balaban J connectivity index is 1.65. The molecule has 6 heteroatoms. The number of hydrogen-bond donors (Lipinski definition) is 1. The van der Waals surface area contributed by atoms with Gasteiger partial charge in [-0.15, -0.1) is 0 Å². The van der Waals surface area contributed by atoms with Gasteiger partial charge in [0.05, 0.1) is 21.4 Å². The minimum absolute atomic E-state index is 0.174. The van der Waals surface area contributed by atoms with E-state index in [0.717, 1.165) is 28.1 Å². The second-order valence-electron chi connectivity index (χ2n) is 7.34. The monoisotopic (exact) mass is 461 g/mol. The van der Waals surface area contributed by atoms with Crippen molar-refractivity contribution in [3.05, 3.63) is 118 Å². The van der Waals surface area contributed by atoms with Crippen LogP contribution in [0.3, 0.4) is 0 Å². The Morgan fingerprint density at radius 2 is 1.75 bits per heavy atom. The number of aliphatic imine (C=N–C) groups is 1. The third-order valence-corrected chi connectivity index (χ3v) is 5.87. The van der Waals surface area contributed by atoms with E-state index >= 15 is 0 Å². The van der Waals surface area contributed by atoms with Crippen LogP contribution in [0.1, 0.15) is 16.7 Å². The lowest BCUT2D eigenvalue weighted by Gasteiger charge is -2.21. The Bertz CT molecular complexity index is 1230. The lowest BCUT2D eigenvalue weighted by atomic mass is 10.0. The summed E-state index contributed by atoms with van der Waals surface area (Å²) in [7, 11) is 1.76. The first-order valence-corrected chi connectivity index (χ1v) is 10.8. The fourth-order valence-corrected chi connectivity index (χ4v) is 3.79. The van der Waals surface area contributed by atoms with Crippen LogP contribution in [0.4, 0.5) is 5.69 Å². The fourth-order valence-electron chi connectivity index (χ4n) is 3.48. The van der Waals surface area contributed by atoms with Gasteiger partial charge in [-0.05, 0) is 29.8 Å². The zero-order valence-corrected chi connectivity index (χ0v) is 18.9. The van der Waals surface area contributed by atoms with Crippen molar-refractivity contribution in [3.8, 4) is 0 Å². The highest BCUT2D eigenvalue weighted by atomic mass is 35.5. The molecule has 3 aromatic rings. The number of nitrogens with zero attached hydrogens (tertiary/aromatic N) is 2. The van der Waals surface area contributed by atoms with Gasteiger partial charge in [-0.25, -0.2) is 4.99 Å². The molecule has 1 N–H and O–H groups in total. The van der Waals surface area contributed by atoms with Crippen molar-refractivity contribution in [1.29, 1.82) is 0 Å². The number of carbonyl (C=O) groups is 1. The largest absolute Gasteiger partial charge is 0.357 e. The Labute approximate surface area is 197 Å². The number of benzene rings is 3. The molecule has 0 aliphatic carbocycles. The summed E-state index contributed by atoms with van der Waals surface area (Å²) in [5.41, 5.74) is 4.80. The highest BCUT2D eigenvalue weighted by molar-refractivity contribution is 6.42. The smallest absolute Gasteiger partial charge is 0.271 e. The first-order valence-electron chi connectivity index (χ1n) is 10.0. The van der Waals surface area contributed by atoms with Crippen molar-refractivity contribution in [1.82, 2.24) is 5.32 Å². The summed E-state index contributed by atoms with van der Waals surface area (Å²) in [4.78, 5) is 19.7. The van der Waals surface area contributed by atoms with Crippen LogP contribution in [0.15, 0.2) is 96.1 Å². The van der Waals surface area contributed by atoms with Crippen molar-refractivity contribution in [2.45, 2.75) is 6.17 Å². The molecule has 0 fully saturated rings. The van der Waals surface area contributed by atoms with E-state index in [-0.39, 0.29) is 5.91 Å².